The van der Waals surface area contributed by atoms with Crippen molar-refractivity contribution in [1.29, 1.82) is 0 Å². The van der Waals surface area contributed by atoms with Crippen LogP contribution in [0.2, 0.25) is 0 Å². The maximum absolute atomic E-state index is 11.5. The summed E-state index contributed by atoms with van der Waals surface area (Å²) in [5, 5.41) is 0. The van der Waals surface area contributed by atoms with Gasteiger partial charge in [-0.25, -0.2) is 0 Å². The number of benzene rings is 2. The van der Waals surface area contributed by atoms with E-state index in [0.717, 1.165) is 0 Å². The van der Waals surface area contributed by atoms with Gasteiger partial charge < -0.3 is 0 Å². The lowest BCUT2D eigenvalue weighted by Crippen LogP contribution is -2.03. The maximum Gasteiger partial charge on any atom is 0.295 e. The van der Waals surface area contributed by atoms with Crippen molar-refractivity contribution in [1.82, 2.24) is 0 Å². The van der Waals surface area contributed by atoms with Gasteiger partial charge in [-0.05, 0) is 80.1 Å². The Kier molecular flexibility index (Phi) is 5.30. The van der Waals surface area contributed by atoms with Gasteiger partial charge >= 0.3 is 0 Å². The molecule has 0 heterocycles. The van der Waals surface area contributed by atoms with Gasteiger partial charge in [-0.1, -0.05) is 12.1 Å². The Morgan fingerprint density at radius 3 is 1.25 bits per heavy atom. The van der Waals surface area contributed by atoms with Crippen LogP contribution in [0, 0.1) is 13.8 Å². The van der Waals surface area contributed by atoms with Crippen molar-refractivity contribution in [2.45, 2.75) is 23.6 Å². The average Bonchev–Trinajstić information content (AvgIpc) is 2.41. The van der Waals surface area contributed by atoms with Crippen LogP contribution in [0.1, 0.15) is 11.1 Å². The van der Waals surface area contributed by atoms with Crippen LogP contribution in [0.3, 0.4) is 0 Å². The third kappa shape index (κ3) is 3.89. The molecular formula is C14H12Br2O6S2. The van der Waals surface area contributed by atoms with Gasteiger partial charge in [0, 0.05) is 8.95 Å². The standard InChI is InChI=1S/C14H12Br2O6S2/c1-7-3-9(5-11(13(7)15)23(17,18)19)10-4-8(2)14(16)12(6-10)24(20,21)22/h3-6H,1-2H3,(H,17,18,19)(H,20,21,22). The van der Waals surface area contributed by atoms with Crippen molar-refractivity contribution in [2.75, 3.05) is 0 Å². The highest BCUT2D eigenvalue weighted by molar-refractivity contribution is 9.10. The third-order valence-corrected chi connectivity index (χ3v) is 7.72. The molecule has 0 saturated carbocycles. The molecule has 2 aromatic carbocycles. The Bertz CT molecular complexity index is 958. The number of hydrogen-bond donors (Lipinski definition) is 2. The first-order valence-electron chi connectivity index (χ1n) is 6.38. The summed E-state index contributed by atoms with van der Waals surface area (Å²) >= 11 is 6.22. The number of halogens is 2. The fraction of sp³-hybridized carbons (Fsp3) is 0.143. The Morgan fingerprint density at radius 2 is 1.00 bits per heavy atom. The van der Waals surface area contributed by atoms with Crippen LogP contribution < -0.4 is 0 Å². The van der Waals surface area contributed by atoms with Crippen molar-refractivity contribution in [3.8, 4) is 11.1 Å². The van der Waals surface area contributed by atoms with Crippen LogP contribution in [0.15, 0.2) is 43.0 Å². The van der Waals surface area contributed by atoms with Gasteiger partial charge in [-0.15, -0.1) is 0 Å². The van der Waals surface area contributed by atoms with E-state index in [1.54, 1.807) is 26.0 Å². The topological polar surface area (TPSA) is 109 Å². The fourth-order valence-electron chi connectivity index (χ4n) is 2.18. The fourth-order valence-corrected chi connectivity index (χ4v) is 5.20. The van der Waals surface area contributed by atoms with E-state index in [1.807, 2.05) is 0 Å². The number of aryl methyl sites for hydroxylation is 2. The quantitative estimate of drug-likeness (QED) is 0.618. The lowest BCUT2D eigenvalue weighted by molar-refractivity contribution is 0.480. The summed E-state index contributed by atoms with van der Waals surface area (Å²) in [5.41, 5.74) is 1.83. The van der Waals surface area contributed by atoms with Crippen LogP contribution in [0.4, 0.5) is 0 Å². The zero-order chi connectivity index (χ0) is 18.4. The zero-order valence-electron chi connectivity index (χ0n) is 12.4. The van der Waals surface area contributed by atoms with Crippen molar-refractivity contribution in [2.24, 2.45) is 0 Å². The summed E-state index contributed by atoms with van der Waals surface area (Å²) in [6, 6.07) is 5.72. The van der Waals surface area contributed by atoms with Gasteiger partial charge in [-0.3, -0.25) is 9.11 Å². The van der Waals surface area contributed by atoms with E-state index in [1.165, 1.54) is 12.1 Å². The molecule has 0 aliphatic carbocycles. The van der Waals surface area contributed by atoms with Crippen LogP contribution in [0.5, 0.6) is 0 Å². The van der Waals surface area contributed by atoms with E-state index in [0.29, 0.717) is 22.3 Å². The SMILES string of the molecule is Cc1cc(-c2cc(C)c(Br)c(S(=O)(=O)O)c2)cc(S(=O)(=O)O)c1Br. The highest BCUT2D eigenvalue weighted by Gasteiger charge is 2.21. The number of hydrogen-bond acceptors (Lipinski definition) is 4. The third-order valence-electron chi connectivity index (χ3n) is 3.33. The molecule has 0 aliphatic rings. The summed E-state index contributed by atoms with van der Waals surface area (Å²) in [6.45, 7) is 3.27. The predicted octanol–water partition coefficient (Wildman–Crippen LogP) is 3.99. The molecule has 0 amide bonds. The van der Waals surface area contributed by atoms with Gasteiger partial charge in [0.1, 0.15) is 9.79 Å². The zero-order valence-corrected chi connectivity index (χ0v) is 17.2. The van der Waals surface area contributed by atoms with Gasteiger partial charge in [0.05, 0.1) is 0 Å². The molecule has 0 fully saturated rings. The maximum atomic E-state index is 11.5. The predicted molar refractivity (Wildman–Crippen MR) is 96.4 cm³/mol. The highest BCUT2D eigenvalue weighted by atomic mass is 79.9. The van der Waals surface area contributed by atoms with Gasteiger partial charge in [-0.2, -0.15) is 16.8 Å². The van der Waals surface area contributed by atoms with Crippen LogP contribution >= 0.6 is 31.9 Å². The van der Waals surface area contributed by atoms with Crippen LogP contribution in [-0.4, -0.2) is 25.9 Å². The molecule has 2 N–H and O–H groups in total. The molecule has 0 aliphatic heterocycles. The molecule has 0 saturated heterocycles. The average molecular weight is 500 g/mol. The van der Waals surface area contributed by atoms with Gasteiger partial charge in [0.15, 0.2) is 0 Å². The molecule has 0 radical (unpaired) electrons. The van der Waals surface area contributed by atoms with E-state index in [4.69, 9.17) is 0 Å². The smallest absolute Gasteiger partial charge is 0.282 e. The first kappa shape index (κ1) is 19.5. The summed E-state index contributed by atoms with van der Waals surface area (Å²) in [5.74, 6) is 0. The summed E-state index contributed by atoms with van der Waals surface area (Å²) in [6.07, 6.45) is 0. The van der Waals surface area contributed by atoms with Crippen LogP contribution in [0.25, 0.3) is 11.1 Å². The van der Waals surface area contributed by atoms with Crippen molar-refractivity contribution < 1.29 is 25.9 Å². The highest BCUT2D eigenvalue weighted by Crippen LogP contribution is 2.35. The molecule has 0 unspecified atom stereocenters. The number of rotatable bonds is 3. The lowest BCUT2D eigenvalue weighted by atomic mass is 10.0. The molecule has 0 aromatic heterocycles. The lowest BCUT2D eigenvalue weighted by Gasteiger charge is -2.12. The second kappa shape index (κ2) is 6.50. The van der Waals surface area contributed by atoms with E-state index in [9.17, 15) is 25.9 Å². The second-order valence-corrected chi connectivity index (χ2v) is 9.53. The first-order chi connectivity index (χ1) is 10.8. The minimum absolute atomic E-state index is 0.220. The summed E-state index contributed by atoms with van der Waals surface area (Å²) < 4.78 is 65.2. The molecule has 0 spiro atoms. The normalized spacial score (nSPS) is 12.4. The molecule has 130 valence electrons. The molecule has 24 heavy (non-hydrogen) atoms. The molecule has 6 nitrogen and oxygen atoms in total. The molecule has 0 bridgehead atoms. The van der Waals surface area contributed by atoms with Crippen molar-refractivity contribution >= 4 is 52.1 Å². The largest absolute Gasteiger partial charge is 0.295 e. The minimum Gasteiger partial charge on any atom is -0.282 e. The van der Waals surface area contributed by atoms with Crippen molar-refractivity contribution in [3.63, 3.8) is 0 Å². The molecule has 0 atom stereocenters. The molecular weight excluding hydrogens is 488 g/mol. The Hall–Kier alpha value is -0.780. The molecule has 2 aromatic rings. The van der Waals surface area contributed by atoms with Crippen molar-refractivity contribution in [3.05, 3.63) is 44.3 Å². The van der Waals surface area contributed by atoms with Crippen LogP contribution in [-0.2, 0) is 20.2 Å². The summed E-state index contributed by atoms with van der Waals surface area (Å²) in [7, 11) is -8.93. The van der Waals surface area contributed by atoms with Gasteiger partial charge in [0.25, 0.3) is 20.2 Å². The summed E-state index contributed by atoms with van der Waals surface area (Å²) in [4.78, 5) is -0.655. The Morgan fingerprint density at radius 1 is 0.708 bits per heavy atom. The Balaban J connectivity index is 2.84. The van der Waals surface area contributed by atoms with E-state index in [-0.39, 0.29) is 18.7 Å². The van der Waals surface area contributed by atoms with E-state index >= 15 is 0 Å². The van der Waals surface area contributed by atoms with E-state index < -0.39 is 20.2 Å². The van der Waals surface area contributed by atoms with Gasteiger partial charge in [0.2, 0.25) is 0 Å². The Labute approximate surface area is 156 Å². The molecule has 2 rings (SSSR count). The van der Waals surface area contributed by atoms with E-state index in [2.05, 4.69) is 31.9 Å². The molecule has 10 heteroatoms. The first-order valence-corrected chi connectivity index (χ1v) is 10.8. The monoisotopic (exact) mass is 498 g/mol. The second-order valence-electron chi connectivity index (χ2n) is 5.16. The minimum atomic E-state index is -4.47.